The molecular weight excluding hydrogens is 507 g/mol. The molecule has 9 nitrogen and oxygen atoms in total. The zero-order chi connectivity index (χ0) is 27.9. The van der Waals surface area contributed by atoms with Gasteiger partial charge in [-0.15, -0.1) is 6.58 Å². The van der Waals surface area contributed by atoms with Crippen LogP contribution in [0.15, 0.2) is 85.7 Å². The average Bonchev–Trinajstić information content (AvgIpc) is 3.35. The van der Waals surface area contributed by atoms with Crippen molar-refractivity contribution in [2.45, 2.75) is 13.0 Å². The first kappa shape index (κ1) is 26.6. The Labute approximate surface area is 231 Å². The van der Waals surface area contributed by atoms with Crippen LogP contribution in [-0.4, -0.2) is 55.4 Å². The van der Waals surface area contributed by atoms with Gasteiger partial charge in [-0.3, -0.25) is 19.2 Å². The van der Waals surface area contributed by atoms with Gasteiger partial charge >= 0.3 is 0 Å². The van der Waals surface area contributed by atoms with E-state index in [9.17, 15) is 9.18 Å². The first-order valence-corrected chi connectivity index (χ1v) is 12.9. The molecular formula is C30H29FN8O. The maximum Gasteiger partial charge on any atom is 0.207 e. The number of pyridine rings is 3. The van der Waals surface area contributed by atoms with Gasteiger partial charge in [0, 0.05) is 38.1 Å². The molecule has 0 radical (unpaired) electrons. The van der Waals surface area contributed by atoms with Crippen molar-refractivity contribution in [2.75, 3.05) is 25.4 Å². The molecule has 40 heavy (non-hydrogen) atoms. The molecule has 0 aliphatic rings. The molecule has 0 fully saturated rings. The minimum Gasteiger partial charge on any atom is -0.383 e. The molecule has 1 amide bonds. The summed E-state index contributed by atoms with van der Waals surface area (Å²) in [4.78, 5) is 31.1. The summed E-state index contributed by atoms with van der Waals surface area (Å²) in [5, 5.41) is 2.73. The van der Waals surface area contributed by atoms with Crippen LogP contribution < -0.4 is 11.1 Å². The summed E-state index contributed by atoms with van der Waals surface area (Å²) in [6.07, 6.45) is 6.27. The molecule has 0 atom stereocenters. The Morgan fingerprint density at radius 1 is 1.00 bits per heavy atom. The summed E-state index contributed by atoms with van der Waals surface area (Å²) in [7, 11) is 0. The van der Waals surface area contributed by atoms with Crippen LogP contribution in [0.25, 0.3) is 39.6 Å². The third kappa shape index (κ3) is 5.87. The fourth-order valence-electron chi connectivity index (χ4n) is 4.49. The van der Waals surface area contributed by atoms with Crippen LogP contribution in [0.3, 0.4) is 0 Å². The third-order valence-corrected chi connectivity index (χ3v) is 6.48. The zero-order valence-corrected chi connectivity index (χ0v) is 21.9. The Kier molecular flexibility index (Phi) is 8.17. The number of carbonyl (C=O) groups is 1. The van der Waals surface area contributed by atoms with Crippen molar-refractivity contribution in [3.8, 4) is 28.5 Å². The van der Waals surface area contributed by atoms with Gasteiger partial charge in [-0.2, -0.15) is 0 Å². The molecule has 0 spiro atoms. The standard InChI is InChI=1S/C30H29FN8O/c1-2-3-16-38(17-15-33-20-40)19-21-6-9-23(10-7-21)39-29(24-5-4-14-34-28(24)32)37-27-13-12-26(36-30(27)39)25-11-8-22(31)18-35-25/h2,4-14,18,20H,1,3,15-17,19H2,(H2,32,34)(H,33,40). The number of nitrogens with one attached hydrogen (secondary N) is 1. The lowest BCUT2D eigenvalue weighted by atomic mass is 10.1. The van der Waals surface area contributed by atoms with Crippen LogP contribution in [-0.2, 0) is 11.3 Å². The number of fused-ring (bicyclic) bond motifs is 1. The van der Waals surface area contributed by atoms with Crippen molar-refractivity contribution in [3.05, 3.63) is 97.1 Å². The van der Waals surface area contributed by atoms with E-state index in [2.05, 4.69) is 38.9 Å². The van der Waals surface area contributed by atoms with Gasteiger partial charge in [-0.1, -0.05) is 18.2 Å². The first-order chi connectivity index (χ1) is 19.6. The van der Waals surface area contributed by atoms with E-state index in [0.29, 0.717) is 52.7 Å². The topological polar surface area (TPSA) is 115 Å². The summed E-state index contributed by atoms with van der Waals surface area (Å²) in [6, 6.07) is 18.5. The van der Waals surface area contributed by atoms with Gasteiger partial charge in [-0.05, 0) is 60.5 Å². The van der Waals surface area contributed by atoms with Gasteiger partial charge in [-0.25, -0.2) is 19.3 Å². The maximum absolute atomic E-state index is 13.5. The predicted molar refractivity (Wildman–Crippen MR) is 154 cm³/mol. The Bertz CT molecular complexity index is 1620. The fraction of sp³-hybridized carbons (Fsp3) is 0.167. The molecule has 202 valence electrons. The normalized spacial score (nSPS) is 11.2. The van der Waals surface area contributed by atoms with Crippen molar-refractivity contribution in [1.82, 2.24) is 34.7 Å². The second-order valence-corrected chi connectivity index (χ2v) is 9.20. The zero-order valence-electron chi connectivity index (χ0n) is 21.9. The monoisotopic (exact) mass is 536 g/mol. The highest BCUT2D eigenvalue weighted by Crippen LogP contribution is 2.31. The van der Waals surface area contributed by atoms with Crippen molar-refractivity contribution >= 4 is 23.4 Å². The SMILES string of the molecule is C=CCCN(CCNC=O)Cc1ccc(-n2c(-c3cccnc3N)nc3ccc(-c4ccc(F)cn4)nc32)cc1. The minimum absolute atomic E-state index is 0.359. The van der Waals surface area contributed by atoms with Crippen LogP contribution in [0, 0.1) is 5.82 Å². The van der Waals surface area contributed by atoms with Gasteiger partial charge in [0.2, 0.25) is 6.41 Å². The van der Waals surface area contributed by atoms with Crippen molar-refractivity contribution in [3.63, 3.8) is 0 Å². The van der Waals surface area contributed by atoms with E-state index in [1.54, 1.807) is 12.3 Å². The van der Waals surface area contributed by atoms with Gasteiger partial charge in [0.1, 0.15) is 17.2 Å². The number of benzene rings is 1. The Morgan fingerprint density at radius 3 is 2.55 bits per heavy atom. The lowest BCUT2D eigenvalue weighted by molar-refractivity contribution is -0.109. The van der Waals surface area contributed by atoms with Gasteiger partial charge < -0.3 is 11.1 Å². The summed E-state index contributed by atoms with van der Waals surface area (Å²) >= 11 is 0. The summed E-state index contributed by atoms with van der Waals surface area (Å²) in [6.45, 7) is 6.69. The molecule has 0 unspecified atom stereocenters. The van der Waals surface area contributed by atoms with E-state index in [0.717, 1.165) is 37.3 Å². The number of hydrogen-bond acceptors (Lipinski definition) is 7. The lowest BCUT2D eigenvalue weighted by Gasteiger charge is -2.22. The van der Waals surface area contributed by atoms with Crippen LogP contribution >= 0.6 is 0 Å². The number of carbonyl (C=O) groups excluding carboxylic acids is 1. The van der Waals surface area contributed by atoms with E-state index in [4.69, 9.17) is 15.7 Å². The molecule has 0 aliphatic carbocycles. The highest BCUT2D eigenvalue weighted by molar-refractivity contribution is 5.84. The highest BCUT2D eigenvalue weighted by atomic mass is 19.1. The molecule has 5 aromatic rings. The maximum atomic E-state index is 13.5. The molecule has 0 saturated heterocycles. The fourth-order valence-corrected chi connectivity index (χ4v) is 4.49. The number of amides is 1. The quantitative estimate of drug-likeness (QED) is 0.138. The largest absolute Gasteiger partial charge is 0.383 e. The van der Waals surface area contributed by atoms with E-state index < -0.39 is 5.82 Å². The summed E-state index contributed by atoms with van der Waals surface area (Å²) < 4.78 is 15.4. The molecule has 5 rings (SSSR count). The molecule has 0 aliphatic heterocycles. The van der Waals surface area contributed by atoms with Crippen molar-refractivity contribution in [1.29, 1.82) is 0 Å². The minimum atomic E-state index is -0.410. The third-order valence-electron chi connectivity index (χ3n) is 6.48. The molecule has 0 bridgehead atoms. The second kappa shape index (κ2) is 12.3. The predicted octanol–water partition coefficient (Wildman–Crippen LogP) is 4.39. The molecule has 4 heterocycles. The van der Waals surface area contributed by atoms with Crippen LogP contribution in [0.2, 0.25) is 0 Å². The number of nitrogens with zero attached hydrogens (tertiary/aromatic N) is 6. The van der Waals surface area contributed by atoms with E-state index in [1.807, 2.05) is 47.0 Å². The first-order valence-electron chi connectivity index (χ1n) is 12.9. The number of anilines is 1. The van der Waals surface area contributed by atoms with Crippen molar-refractivity contribution in [2.24, 2.45) is 0 Å². The number of halogens is 1. The average molecular weight is 537 g/mol. The summed E-state index contributed by atoms with van der Waals surface area (Å²) in [5.41, 5.74) is 11.3. The van der Waals surface area contributed by atoms with Crippen molar-refractivity contribution < 1.29 is 9.18 Å². The Morgan fingerprint density at radius 2 is 1.82 bits per heavy atom. The summed E-state index contributed by atoms with van der Waals surface area (Å²) in [5.74, 6) is 0.558. The second-order valence-electron chi connectivity index (χ2n) is 9.20. The molecule has 1 aromatic carbocycles. The van der Waals surface area contributed by atoms with Gasteiger partial charge in [0.05, 0.1) is 23.1 Å². The number of imidazole rings is 1. The number of rotatable bonds is 12. The number of nitrogens with two attached hydrogens (primary N) is 1. The van der Waals surface area contributed by atoms with E-state index in [1.165, 1.54) is 12.3 Å². The Balaban J connectivity index is 1.55. The number of nitrogen functional groups attached to an aromatic ring is 1. The van der Waals surface area contributed by atoms with Crippen LogP contribution in [0.5, 0.6) is 0 Å². The van der Waals surface area contributed by atoms with Gasteiger partial charge in [0.15, 0.2) is 11.5 Å². The molecule has 10 heteroatoms. The van der Waals surface area contributed by atoms with E-state index >= 15 is 0 Å². The highest BCUT2D eigenvalue weighted by Gasteiger charge is 2.19. The van der Waals surface area contributed by atoms with Crippen LogP contribution in [0.1, 0.15) is 12.0 Å². The van der Waals surface area contributed by atoms with Gasteiger partial charge in [0.25, 0.3) is 0 Å². The van der Waals surface area contributed by atoms with Crippen LogP contribution in [0.4, 0.5) is 10.2 Å². The lowest BCUT2D eigenvalue weighted by Crippen LogP contribution is -2.32. The van der Waals surface area contributed by atoms with E-state index in [-0.39, 0.29) is 0 Å². The molecule has 4 aromatic heterocycles. The number of hydrogen-bond donors (Lipinski definition) is 2. The molecule has 3 N–H and O–H groups in total. The Hall–Kier alpha value is -4.96. The smallest absolute Gasteiger partial charge is 0.207 e. The molecule has 0 saturated carbocycles. The number of aromatic nitrogens is 5.